The highest BCUT2D eigenvalue weighted by atomic mass is 32.2. The van der Waals surface area contributed by atoms with Crippen molar-refractivity contribution in [2.24, 2.45) is 5.14 Å². The lowest BCUT2D eigenvalue weighted by Gasteiger charge is -2.15. The Morgan fingerprint density at radius 3 is 2.79 bits per heavy atom. The van der Waals surface area contributed by atoms with Crippen molar-refractivity contribution in [3.63, 3.8) is 0 Å². The molecule has 0 saturated carbocycles. The van der Waals surface area contributed by atoms with Gasteiger partial charge in [0.05, 0.1) is 11.9 Å². The Labute approximate surface area is 85.1 Å². The third-order valence-electron chi connectivity index (χ3n) is 2.39. The smallest absolute Gasteiger partial charge is 0.209 e. The maximum Gasteiger partial charge on any atom is 0.209 e. The summed E-state index contributed by atoms with van der Waals surface area (Å²) in [6.45, 7) is 3.48. The standard InChI is InChI=1S/C8H18N2O3S/c1-7-8(3-5-13-7)10-4-2-6-14(9,11)12/h7-8,10H,2-6H2,1H3,(H2,9,11,12). The average molecular weight is 222 g/mol. The number of primary sulfonamides is 1. The van der Waals surface area contributed by atoms with Gasteiger partial charge in [-0.15, -0.1) is 0 Å². The van der Waals surface area contributed by atoms with E-state index in [1.54, 1.807) is 0 Å². The van der Waals surface area contributed by atoms with Crippen molar-refractivity contribution in [1.82, 2.24) is 5.32 Å². The van der Waals surface area contributed by atoms with Crippen LogP contribution in [-0.2, 0) is 14.8 Å². The van der Waals surface area contributed by atoms with Gasteiger partial charge in [0.2, 0.25) is 10.0 Å². The normalized spacial score (nSPS) is 28.1. The lowest BCUT2D eigenvalue weighted by atomic mass is 10.1. The molecule has 0 radical (unpaired) electrons. The van der Waals surface area contributed by atoms with Gasteiger partial charge in [0.1, 0.15) is 0 Å². The third kappa shape index (κ3) is 4.36. The second-order valence-corrected chi connectivity index (χ2v) is 5.38. The molecule has 0 bridgehead atoms. The molecule has 0 aromatic carbocycles. The van der Waals surface area contributed by atoms with Gasteiger partial charge in [-0.2, -0.15) is 0 Å². The Bertz CT molecular complexity index is 266. The van der Waals surface area contributed by atoms with Crippen LogP contribution in [0.5, 0.6) is 0 Å². The van der Waals surface area contributed by atoms with Crippen molar-refractivity contribution in [2.75, 3.05) is 18.9 Å². The van der Waals surface area contributed by atoms with Crippen molar-refractivity contribution < 1.29 is 13.2 Å². The van der Waals surface area contributed by atoms with E-state index in [-0.39, 0.29) is 11.9 Å². The Hall–Kier alpha value is -0.170. The summed E-state index contributed by atoms with van der Waals surface area (Å²) in [5, 5.41) is 8.14. The first kappa shape index (κ1) is 11.9. The summed E-state index contributed by atoms with van der Waals surface area (Å²) in [5.74, 6) is 0.0436. The van der Waals surface area contributed by atoms with Crippen molar-refractivity contribution >= 4 is 10.0 Å². The second kappa shape index (κ2) is 5.06. The first-order chi connectivity index (χ1) is 6.49. The van der Waals surface area contributed by atoms with Gasteiger partial charge < -0.3 is 10.1 Å². The van der Waals surface area contributed by atoms with Crippen molar-refractivity contribution in [3.05, 3.63) is 0 Å². The minimum atomic E-state index is -3.30. The van der Waals surface area contributed by atoms with E-state index in [0.717, 1.165) is 13.0 Å². The Kier molecular flexibility index (Phi) is 4.31. The topological polar surface area (TPSA) is 81.4 Å². The molecule has 1 rings (SSSR count). The van der Waals surface area contributed by atoms with Gasteiger partial charge in [-0.3, -0.25) is 0 Å². The van der Waals surface area contributed by atoms with Crippen LogP contribution in [0.1, 0.15) is 19.8 Å². The lowest BCUT2D eigenvalue weighted by Crippen LogP contribution is -2.36. The number of sulfonamides is 1. The van der Waals surface area contributed by atoms with Crippen molar-refractivity contribution in [1.29, 1.82) is 0 Å². The van der Waals surface area contributed by atoms with E-state index >= 15 is 0 Å². The number of hydrogen-bond donors (Lipinski definition) is 2. The molecular weight excluding hydrogens is 204 g/mol. The molecule has 0 aromatic heterocycles. The number of rotatable bonds is 5. The van der Waals surface area contributed by atoms with Crippen LogP contribution in [0.2, 0.25) is 0 Å². The van der Waals surface area contributed by atoms with Crippen molar-refractivity contribution in [2.45, 2.75) is 31.9 Å². The van der Waals surface area contributed by atoms with E-state index in [2.05, 4.69) is 5.32 Å². The van der Waals surface area contributed by atoms with Crippen LogP contribution in [0.3, 0.4) is 0 Å². The number of hydrogen-bond acceptors (Lipinski definition) is 4. The minimum absolute atomic E-state index is 0.0436. The highest BCUT2D eigenvalue weighted by Crippen LogP contribution is 2.12. The number of nitrogens with two attached hydrogens (primary N) is 1. The molecule has 3 N–H and O–H groups in total. The molecule has 1 heterocycles. The van der Waals surface area contributed by atoms with E-state index in [4.69, 9.17) is 9.88 Å². The van der Waals surface area contributed by atoms with Gasteiger partial charge in [0.25, 0.3) is 0 Å². The summed E-state index contributed by atoms with van der Waals surface area (Å²) in [6, 6.07) is 0.357. The zero-order valence-electron chi connectivity index (χ0n) is 8.40. The Balaban J connectivity index is 2.09. The number of nitrogens with one attached hydrogen (secondary N) is 1. The maximum absolute atomic E-state index is 10.6. The molecule has 0 spiro atoms. The molecule has 0 amide bonds. The van der Waals surface area contributed by atoms with Crippen LogP contribution >= 0.6 is 0 Å². The molecule has 1 aliphatic heterocycles. The lowest BCUT2D eigenvalue weighted by molar-refractivity contribution is 0.113. The first-order valence-electron chi connectivity index (χ1n) is 4.84. The molecule has 5 nitrogen and oxygen atoms in total. The molecule has 1 fully saturated rings. The molecule has 0 aliphatic carbocycles. The summed E-state index contributed by atoms with van der Waals surface area (Å²) in [5.41, 5.74) is 0. The van der Waals surface area contributed by atoms with Gasteiger partial charge >= 0.3 is 0 Å². The predicted octanol–water partition coefficient (Wildman–Crippen LogP) is -0.568. The van der Waals surface area contributed by atoms with Crippen LogP contribution < -0.4 is 10.5 Å². The molecule has 0 aromatic rings. The fourth-order valence-corrected chi connectivity index (χ4v) is 2.11. The summed E-state index contributed by atoms with van der Waals surface area (Å²) in [6.07, 6.45) is 1.78. The zero-order valence-corrected chi connectivity index (χ0v) is 9.22. The first-order valence-corrected chi connectivity index (χ1v) is 6.56. The summed E-state index contributed by atoms with van der Waals surface area (Å²) in [7, 11) is -3.30. The summed E-state index contributed by atoms with van der Waals surface area (Å²) in [4.78, 5) is 0. The van der Waals surface area contributed by atoms with Crippen molar-refractivity contribution in [3.8, 4) is 0 Å². The summed E-state index contributed by atoms with van der Waals surface area (Å²) < 4.78 is 26.6. The zero-order chi connectivity index (χ0) is 10.6. The van der Waals surface area contributed by atoms with Gasteiger partial charge in [0.15, 0.2) is 0 Å². The van der Waals surface area contributed by atoms with Gasteiger partial charge in [-0.25, -0.2) is 13.6 Å². The fourth-order valence-electron chi connectivity index (χ4n) is 1.56. The molecule has 1 saturated heterocycles. The van der Waals surface area contributed by atoms with Gasteiger partial charge in [0, 0.05) is 12.6 Å². The molecule has 1 aliphatic rings. The van der Waals surface area contributed by atoms with E-state index < -0.39 is 10.0 Å². The van der Waals surface area contributed by atoms with Gasteiger partial charge in [-0.05, 0) is 26.3 Å². The van der Waals surface area contributed by atoms with E-state index in [9.17, 15) is 8.42 Å². The van der Waals surface area contributed by atoms with Crippen LogP contribution in [0.25, 0.3) is 0 Å². The fraction of sp³-hybridized carbons (Fsp3) is 1.00. The number of ether oxygens (including phenoxy) is 1. The molecule has 2 unspecified atom stereocenters. The monoisotopic (exact) mass is 222 g/mol. The highest BCUT2D eigenvalue weighted by molar-refractivity contribution is 7.89. The second-order valence-electron chi connectivity index (χ2n) is 3.65. The third-order valence-corrected chi connectivity index (χ3v) is 3.25. The predicted molar refractivity (Wildman–Crippen MR) is 54.4 cm³/mol. The Morgan fingerprint density at radius 2 is 2.29 bits per heavy atom. The summed E-state index contributed by atoms with van der Waals surface area (Å²) >= 11 is 0. The van der Waals surface area contributed by atoms with Crippen LogP contribution in [0.15, 0.2) is 0 Å². The van der Waals surface area contributed by atoms with E-state index in [1.807, 2.05) is 6.92 Å². The Morgan fingerprint density at radius 1 is 1.57 bits per heavy atom. The average Bonchev–Trinajstić information content (AvgIpc) is 2.44. The van der Waals surface area contributed by atoms with E-state index in [1.165, 1.54) is 0 Å². The maximum atomic E-state index is 10.6. The molecule has 84 valence electrons. The van der Waals surface area contributed by atoms with Gasteiger partial charge in [-0.1, -0.05) is 0 Å². The van der Waals surface area contributed by atoms with E-state index in [0.29, 0.717) is 19.0 Å². The van der Waals surface area contributed by atoms with Crippen LogP contribution in [0.4, 0.5) is 0 Å². The SMILES string of the molecule is CC1OCCC1NCCCS(N)(=O)=O. The highest BCUT2D eigenvalue weighted by Gasteiger charge is 2.22. The molecule has 6 heteroatoms. The molecular formula is C8H18N2O3S. The van der Waals surface area contributed by atoms with Crippen LogP contribution in [-0.4, -0.2) is 39.5 Å². The molecule has 14 heavy (non-hydrogen) atoms. The quantitative estimate of drug-likeness (QED) is 0.610. The largest absolute Gasteiger partial charge is 0.377 e. The van der Waals surface area contributed by atoms with Crippen LogP contribution in [0, 0.1) is 0 Å². The molecule has 2 atom stereocenters. The minimum Gasteiger partial charge on any atom is -0.377 e.